The first-order chi connectivity index (χ1) is 6.74. The molecule has 0 unspecified atom stereocenters. The highest BCUT2D eigenvalue weighted by molar-refractivity contribution is 5.85. The summed E-state index contributed by atoms with van der Waals surface area (Å²) in [5, 5.41) is 3.33. The first-order valence-corrected chi connectivity index (χ1v) is 5.58. The van der Waals surface area contributed by atoms with Gasteiger partial charge in [-0.05, 0) is 19.8 Å². The van der Waals surface area contributed by atoms with Crippen LogP contribution in [0.1, 0.15) is 45.4 Å². The fourth-order valence-electron chi connectivity index (χ4n) is 2.04. The van der Waals surface area contributed by atoms with Gasteiger partial charge in [-0.2, -0.15) is 0 Å². The molecule has 0 radical (unpaired) electrons. The largest absolute Gasteiger partial charge is 0.468 e. The van der Waals surface area contributed by atoms with E-state index in [2.05, 4.69) is 10.1 Å². The third-order valence-corrected chi connectivity index (χ3v) is 2.90. The highest BCUT2D eigenvalue weighted by atomic mass is 35.5. The van der Waals surface area contributed by atoms with Crippen molar-refractivity contribution in [3.8, 4) is 0 Å². The number of rotatable bonds is 3. The van der Waals surface area contributed by atoms with Crippen molar-refractivity contribution < 1.29 is 9.53 Å². The Balaban J connectivity index is 0.00000196. The number of halogens is 1. The van der Waals surface area contributed by atoms with Gasteiger partial charge in [0.25, 0.3) is 0 Å². The van der Waals surface area contributed by atoms with Crippen LogP contribution >= 0.6 is 12.4 Å². The maximum Gasteiger partial charge on any atom is 0.322 e. The van der Waals surface area contributed by atoms with Gasteiger partial charge in [0.05, 0.1) is 7.11 Å². The number of nitrogens with one attached hydrogen (secondary N) is 1. The van der Waals surface area contributed by atoms with Crippen LogP contribution in [0.25, 0.3) is 0 Å². The first kappa shape index (κ1) is 14.7. The minimum Gasteiger partial charge on any atom is -0.468 e. The van der Waals surface area contributed by atoms with E-state index in [0.29, 0.717) is 6.04 Å². The van der Waals surface area contributed by atoms with Crippen LogP contribution in [0, 0.1) is 0 Å². The van der Waals surface area contributed by atoms with Crippen LogP contribution in [0.15, 0.2) is 0 Å². The van der Waals surface area contributed by atoms with Gasteiger partial charge in [-0.3, -0.25) is 4.79 Å². The lowest BCUT2D eigenvalue weighted by Gasteiger charge is -2.20. The van der Waals surface area contributed by atoms with Crippen LogP contribution < -0.4 is 5.32 Å². The number of ether oxygens (including phenoxy) is 1. The van der Waals surface area contributed by atoms with Gasteiger partial charge in [0.1, 0.15) is 6.04 Å². The van der Waals surface area contributed by atoms with E-state index < -0.39 is 0 Å². The molecule has 0 bridgehead atoms. The zero-order valence-electron chi connectivity index (χ0n) is 9.62. The molecule has 1 aliphatic carbocycles. The third kappa shape index (κ3) is 5.38. The Morgan fingerprint density at radius 3 is 2.27 bits per heavy atom. The number of hydrogen-bond donors (Lipinski definition) is 1. The third-order valence-electron chi connectivity index (χ3n) is 2.90. The van der Waals surface area contributed by atoms with Crippen LogP contribution in [0.2, 0.25) is 0 Å². The summed E-state index contributed by atoms with van der Waals surface area (Å²) in [6.07, 6.45) is 7.63. The Bertz CT molecular complexity index is 179. The monoisotopic (exact) mass is 235 g/mol. The number of carbonyl (C=O) groups is 1. The number of methoxy groups -OCH3 is 1. The van der Waals surface area contributed by atoms with Crippen LogP contribution in [-0.2, 0) is 9.53 Å². The maximum atomic E-state index is 11.2. The Morgan fingerprint density at radius 2 is 1.80 bits per heavy atom. The molecule has 0 aromatic heterocycles. The minimum atomic E-state index is -0.164. The lowest BCUT2D eigenvalue weighted by atomic mass is 10.1. The zero-order chi connectivity index (χ0) is 10.4. The van der Waals surface area contributed by atoms with Crippen LogP contribution in [0.4, 0.5) is 0 Å². The van der Waals surface area contributed by atoms with E-state index in [0.717, 1.165) is 0 Å². The summed E-state index contributed by atoms with van der Waals surface area (Å²) in [5.74, 6) is -0.158. The van der Waals surface area contributed by atoms with Crippen molar-refractivity contribution in [3.05, 3.63) is 0 Å². The lowest BCUT2D eigenvalue weighted by molar-refractivity contribution is -0.142. The van der Waals surface area contributed by atoms with Gasteiger partial charge in [-0.25, -0.2) is 0 Å². The van der Waals surface area contributed by atoms with Crippen molar-refractivity contribution in [1.29, 1.82) is 0 Å². The second-order valence-electron chi connectivity index (χ2n) is 4.10. The van der Waals surface area contributed by atoms with E-state index >= 15 is 0 Å². The van der Waals surface area contributed by atoms with Gasteiger partial charge in [-0.15, -0.1) is 12.4 Å². The Kier molecular flexibility index (Phi) is 7.79. The summed E-state index contributed by atoms with van der Waals surface area (Å²) in [5.41, 5.74) is 0. The molecule has 15 heavy (non-hydrogen) atoms. The van der Waals surface area contributed by atoms with E-state index in [-0.39, 0.29) is 24.4 Å². The van der Waals surface area contributed by atoms with Crippen LogP contribution in [-0.4, -0.2) is 25.2 Å². The molecule has 1 saturated carbocycles. The van der Waals surface area contributed by atoms with Gasteiger partial charge in [0, 0.05) is 6.04 Å². The van der Waals surface area contributed by atoms with Crippen molar-refractivity contribution in [2.45, 2.75) is 57.5 Å². The van der Waals surface area contributed by atoms with Crippen molar-refractivity contribution >= 4 is 18.4 Å². The molecule has 0 heterocycles. The molecule has 4 heteroatoms. The summed E-state index contributed by atoms with van der Waals surface area (Å²) < 4.78 is 4.68. The first-order valence-electron chi connectivity index (χ1n) is 5.58. The summed E-state index contributed by atoms with van der Waals surface area (Å²) in [6, 6.07) is 0.342. The van der Waals surface area contributed by atoms with E-state index in [9.17, 15) is 4.79 Å². The average Bonchev–Trinajstić information content (AvgIpc) is 2.45. The molecule has 90 valence electrons. The fraction of sp³-hybridized carbons (Fsp3) is 0.909. The second kappa shape index (κ2) is 7.94. The number of esters is 1. The predicted molar refractivity (Wildman–Crippen MR) is 63.4 cm³/mol. The van der Waals surface area contributed by atoms with Gasteiger partial charge >= 0.3 is 5.97 Å². The highest BCUT2D eigenvalue weighted by Gasteiger charge is 2.18. The lowest BCUT2D eigenvalue weighted by Crippen LogP contribution is -2.41. The maximum absolute atomic E-state index is 11.2. The van der Waals surface area contributed by atoms with E-state index in [4.69, 9.17) is 0 Å². The van der Waals surface area contributed by atoms with Crippen molar-refractivity contribution in [3.63, 3.8) is 0 Å². The van der Waals surface area contributed by atoms with Crippen LogP contribution in [0.5, 0.6) is 0 Å². The molecule has 1 fully saturated rings. The summed E-state index contributed by atoms with van der Waals surface area (Å²) in [7, 11) is 1.44. The predicted octanol–water partition coefficient (Wildman–Crippen LogP) is 2.28. The SMILES string of the molecule is COC(=O)[C@H](C)NC1CCCCCC1.Cl. The molecular weight excluding hydrogens is 214 g/mol. The van der Waals surface area contributed by atoms with Gasteiger partial charge < -0.3 is 10.1 Å². The van der Waals surface area contributed by atoms with Crippen molar-refractivity contribution in [1.82, 2.24) is 5.32 Å². The summed E-state index contributed by atoms with van der Waals surface area (Å²) >= 11 is 0. The molecule has 3 nitrogen and oxygen atoms in total. The Morgan fingerprint density at radius 1 is 1.27 bits per heavy atom. The molecule has 0 amide bonds. The minimum absolute atomic E-state index is 0. The highest BCUT2D eigenvalue weighted by Crippen LogP contribution is 2.17. The van der Waals surface area contributed by atoms with Gasteiger partial charge in [0.15, 0.2) is 0 Å². The molecule has 1 aliphatic rings. The second-order valence-corrected chi connectivity index (χ2v) is 4.10. The fourth-order valence-corrected chi connectivity index (χ4v) is 2.04. The summed E-state index contributed by atoms with van der Waals surface area (Å²) in [4.78, 5) is 11.2. The quantitative estimate of drug-likeness (QED) is 0.603. The zero-order valence-corrected chi connectivity index (χ0v) is 10.4. The normalized spacial score (nSPS) is 19.9. The Hall–Kier alpha value is -0.280. The van der Waals surface area contributed by atoms with Crippen molar-refractivity contribution in [2.24, 2.45) is 0 Å². The standard InChI is InChI=1S/C11H21NO2.ClH/c1-9(11(13)14-2)12-10-7-5-3-4-6-8-10;/h9-10,12H,3-8H2,1-2H3;1H/t9-;/m0./s1. The molecule has 0 aromatic carbocycles. The number of carbonyl (C=O) groups excluding carboxylic acids is 1. The Labute approximate surface area is 98.4 Å². The van der Waals surface area contributed by atoms with E-state index in [1.165, 1.54) is 45.6 Å². The van der Waals surface area contributed by atoms with Gasteiger partial charge in [0.2, 0.25) is 0 Å². The van der Waals surface area contributed by atoms with Gasteiger partial charge in [-0.1, -0.05) is 25.7 Å². The molecule has 0 spiro atoms. The van der Waals surface area contributed by atoms with Crippen LogP contribution in [0.3, 0.4) is 0 Å². The molecular formula is C11H22ClNO2. The summed E-state index contributed by atoms with van der Waals surface area (Å²) in [6.45, 7) is 1.87. The molecule has 1 rings (SSSR count). The average molecular weight is 236 g/mol. The van der Waals surface area contributed by atoms with E-state index in [1.54, 1.807) is 0 Å². The number of hydrogen-bond acceptors (Lipinski definition) is 3. The molecule has 0 aromatic rings. The molecule has 0 aliphatic heterocycles. The van der Waals surface area contributed by atoms with E-state index in [1.807, 2.05) is 6.92 Å². The topological polar surface area (TPSA) is 38.3 Å². The molecule has 1 N–H and O–H groups in total. The molecule has 1 atom stereocenters. The van der Waals surface area contributed by atoms with Crippen molar-refractivity contribution in [2.75, 3.05) is 7.11 Å². The smallest absolute Gasteiger partial charge is 0.322 e. The molecule has 0 saturated heterocycles.